The Bertz CT molecular complexity index is 512. The second kappa shape index (κ2) is 5.47. The number of carbonyl (C=O) groups excluding carboxylic acids is 2. The van der Waals surface area contributed by atoms with Gasteiger partial charge in [-0.05, 0) is 18.6 Å². The van der Waals surface area contributed by atoms with E-state index in [4.69, 9.17) is 5.11 Å². The number of nitrogens with zero attached hydrogens (tertiary/aromatic N) is 2. The lowest BCUT2D eigenvalue weighted by Gasteiger charge is -2.18. The highest BCUT2D eigenvalue weighted by molar-refractivity contribution is 5.97. The van der Waals surface area contributed by atoms with Crippen molar-refractivity contribution in [3.8, 4) is 0 Å². The number of nitrogens with one attached hydrogen (secondary N) is 1. The molecule has 1 saturated heterocycles. The van der Waals surface area contributed by atoms with Gasteiger partial charge >= 0.3 is 5.97 Å². The molecule has 2 N–H and O–H groups in total. The van der Waals surface area contributed by atoms with Gasteiger partial charge in [0.15, 0.2) is 0 Å². The summed E-state index contributed by atoms with van der Waals surface area (Å²) in [4.78, 5) is 39.3. The van der Waals surface area contributed by atoms with Gasteiger partial charge in [-0.15, -0.1) is 0 Å². The monoisotopic (exact) mass is 263 g/mol. The molecule has 1 fully saturated rings. The Hall–Kier alpha value is -2.44. The average Bonchev–Trinajstić information content (AvgIpc) is 2.62. The molecule has 0 aromatic carbocycles. The van der Waals surface area contributed by atoms with E-state index < -0.39 is 5.97 Å². The topological polar surface area (TPSA) is 99.6 Å². The van der Waals surface area contributed by atoms with E-state index in [1.54, 1.807) is 0 Å². The Morgan fingerprint density at radius 3 is 2.79 bits per heavy atom. The molecule has 1 aliphatic rings. The molecule has 0 unspecified atom stereocenters. The van der Waals surface area contributed by atoms with E-state index in [2.05, 4.69) is 10.3 Å². The first-order chi connectivity index (χ1) is 9.08. The highest BCUT2D eigenvalue weighted by Gasteiger charge is 2.21. The fraction of sp³-hybridized carbons (Fsp3) is 0.333. The van der Waals surface area contributed by atoms with Crippen molar-refractivity contribution in [3.05, 3.63) is 29.6 Å². The molecule has 0 aliphatic carbocycles. The van der Waals surface area contributed by atoms with Gasteiger partial charge in [-0.3, -0.25) is 9.59 Å². The molecule has 2 amide bonds. The Balaban J connectivity index is 2.14. The maximum atomic E-state index is 12.1. The fourth-order valence-electron chi connectivity index (χ4n) is 1.81. The van der Waals surface area contributed by atoms with Crippen molar-refractivity contribution in [2.45, 2.75) is 6.42 Å². The number of hydrogen-bond donors (Lipinski definition) is 2. The number of amides is 2. The number of aromatic carboxylic acids is 1. The van der Waals surface area contributed by atoms with Gasteiger partial charge < -0.3 is 15.3 Å². The van der Waals surface area contributed by atoms with Crippen LogP contribution in [0.4, 0.5) is 0 Å². The Morgan fingerprint density at radius 1 is 1.37 bits per heavy atom. The molecule has 2 rings (SSSR count). The number of carboxylic acids is 1. The minimum absolute atomic E-state index is 0.0134. The molecule has 0 radical (unpaired) electrons. The standard InChI is InChI=1S/C12H13N3O4/c16-10-7-15(5-1-4-13-10)11(17)8-2-3-9(12(18)19)14-6-8/h2-3,6H,1,4-5,7H2,(H,13,16)(H,18,19). The first kappa shape index (κ1) is 13.0. The Labute approximate surface area is 109 Å². The quantitative estimate of drug-likeness (QED) is 0.766. The van der Waals surface area contributed by atoms with Crippen molar-refractivity contribution < 1.29 is 19.5 Å². The van der Waals surface area contributed by atoms with Gasteiger partial charge in [-0.25, -0.2) is 9.78 Å². The van der Waals surface area contributed by atoms with Crippen LogP contribution in [0.25, 0.3) is 0 Å². The number of carboxylic acid groups (broad SMARTS) is 1. The van der Waals surface area contributed by atoms with Gasteiger partial charge in [0.1, 0.15) is 5.69 Å². The molecule has 1 aliphatic heterocycles. The Kier molecular flexibility index (Phi) is 3.74. The van der Waals surface area contributed by atoms with Crippen molar-refractivity contribution in [3.63, 3.8) is 0 Å². The molecule has 1 aromatic rings. The molecule has 100 valence electrons. The second-order valence-corrected chi connectivity index (χ2v) is 4.17. The largest absolute Gasteiger partial charge is 0.477 e. The molecule has 19 heavy (non-hydrogen) atoms. The van der Waals surface area contributed by atoms with E-state index in [-0.39, 0.29) is 29.6 Å². The van der Waals surface area contributed by atoms with Crippen LogP contribution >= 0.6 is 0 Å². The van der Waals surface area contributed by atoms with Crippen LogP contribution in [0.1, 0.15) is 27.3 Å². The number of carbonyl (C=O) groups is 3. The van der Waals surface area contributed by atoms with E-state index in [9.17, 15) is 14.4 Å². The lowest BCUT2D eigenvalue weighted by atomic mass is 10.2. The highest BCUT2D eigenvalue weighted by Crippen LogP contribution is 2.07. The van der Waals surface area contributed by atoms with Gasteiger partial charge in [0.2, 0.25) is 5.91 Å². The third-order valence-electron chi connectivity index (χ3n) is 2.78. The molecule has 7 nitrogen and oxygen atoms in total. The summed E-state index contributed by atoms with van der Waals surface area (Å²) in [5.74, 6) is -1.66. The summed E-state index contributed by atoms with van der Waals surface area (Å²) in [6.45, 7) is 1.05. The van der Waals surface area contributed by atoms with Crippen LogP contribution in [0, 0.1) is 0 Å². The molecule has 1 aromatic heterocycles. The molecule has 0 spiro atoms. The van der Waals surface area contributed by atoms with Crippen molar-refractivity contribution >= 4 is 17.8 Å². The molecule has 7 heteroatoms. The zero-order chi connectivity index (χ0) is 13.8. The number of aromatic nitrogens is 1. The summed E-state index contributed by atoms with van der Waals surface area (Å²) in [6.07, 6.45) is 1.91. The van der Waals surface area contributed by atoms with Crippen molar-refractivity contribution in [1.82, 2.24) is 15.2 Å². The minimum Gasteiger partial charge on any atom is -0.477 e. The van der Waals surface area contributed by atoms with Crippen molar-refractivity contribution in [2.24, 2.45) is 0 Å². The van der Waals surface area contributed by atoms with Gasteiger partial charge in [-0.1, -0.05) is 0 Å². The highest BCUT2D eigenvalue weighted by atomic mass is 16.4. The van der Waals surface area contributed by atoms with Crippen LogP contribution < -0.4 is 5.32 Å². The molecular weight excluding hydrogens is 250 g/mol. The zero-order valence-electron chi connectivity index (χ0n) is 10.1. The summed E-state index contributed by atoms with van der Waals surface area (Å²) in [6, 6.07) is 2.68. The van der Waals surface area contributed by atoms with Crippen LogP contribution in [0.5, 0.6) is 0 Å². The van der Waals surface area contributed by atoms with Crippen LogP contribution in [-0.4, -0.2) is 52.4 Å². The van der Waals surface area contributed by atoms with Crippen LogP contribution in [-0.2, 0) is 4.79 Å². The first-order valence-corrected chi connectivity index (χ1v) is 5.83. The third kappa shape index (κ3) is 3.06. The van der Waals surface area contributed by atoms with Crippen molar-refractivity contribution in [2.75, 3.05) is 19.6 Å². The summed E-state index contributed by atoms with van der Waals surface area (Å²) >= 11 is 0. The number of rotatable bonds is 2. The van der Waals surface area contributed by atoms with Gasteiger partial charge in [-0.2, -0.15) is 0 Å². The van der Waals surface area contributed by atoms with E-state index in [1.165, 1.54) is 23.2 Å². The predicted octanol–water partition coefficient (Wildman–Crippen LogP) is -0.258. The van der Waals surface area contributed by atoms with Crippen molar-refractivity contribution in [1.29, 1.82) is 0 Å². The summed E-state index contributed by atoms with van der Waals surface area (Å²) in [5.41, 5.74) is 0.157. The third-order valence-corrected chi connectivity index (χ3v) is 2.78. The summed E-state index contributed by atoms with van der Waals surface area (Å²) in [5, 5.41) is 11.4. The molecular formula is C12H13N3O4. The smallest absolute Gasteiger partial charge is 0.354 e. The van der Waals surface area contributed by atoms with E-state index in [0.29, 0.717) is 19.5 Å². The summed E-state index contributed by atoms with van der Waals surface area (Å²) < 4.78 is 0. The van der Waals surface area contributed by atoms with Gasteiger partial charge in [0.25, 0.3) is 5.91 Å². The zero-order valence-corrected chi connectivity index (χ0v) is 10.1. The molecule has 0 atom stereocenters. The predicted molar refractivity (Wildman–Crippen MR) is 64.7 cm³/mol. The fourth-order valence-corrected chi connectivity index (χ4v) is 1.81. The molecule has 2 heterocycles. The van der Waals surface area contributed by atoms with Gasteiger partial charge in [0.05, 0.1) is 12.1 Å². The Morgan fingerprint density at radius 2 is 2.16 bits per heavy atom. The van der Waals surface area contributed by atoms with E-state index in [0.717, 1.165) is 0 Å². The summed E-state index contributed by atoms with van der Waals surface area (Å²) in [7, 11) is 0. The lowest BCUT2D eigenvalue weighted by molar-refractivity contribution is -0.121. The lowest BCUT2D eigenvalue weighted by Crippen LogP contribution is -2.37. The van der Waals surface area contributed by atoms with Gasteiger partial charge in [0, 0.05) is 19.3 Å². The molecule has 0 saturated carbocycles. The van der Waals surface area contributed by atoms with E-state index in [1.807, 2.05) is 0 Å². The van der Waals surface area contributed by atoms with Crippen LogP contribution in [0.15, 0.2) is 18.3 Å². The van der Waals surface area contributed by atoms with Crippen LogP contribution in [0.2, 0.25) is 0 Å². The van der Waals surface area contributed by atoms with Crippen LogP contribution in [0.3, 0.4) is 0 Å². The first-order valence-electron chi connectivity index (χ1n) is 5.83. The van der Waals surface area contributed by atoms with E-state index >= 15 is 0 Å². The maximum absolute atomic E-state index is 12.1. The SMILES string of the molecule is O=C1CN(C(=O)c2ccc(C(=O)O)nc2)CCCN1. The maximum Gasteiger partial charge on any atom is 0.354 e. The minimum atomic E-state index is -1.15. The number of hydrogen-bond acceptors (Lipinski definition) is 4. The molecule has 0 bridgehead atoms. The average molecular weight is 263 g/mol. The number of pyridine rings is 1. The second-order valence-electron chi connectivity index (χ2n) is 4.17. The normalized spacial score (nSPS) is 15.6.